The van der Waals surface area contributed by atoms with Gasteiger partial charge in [0.1, 0.15) is 0 Å². The molecular formula is C17H18N6O2. The summed E-state index contributed by atoms with van der Waals surface area (Å²) in [7, 11) is 0. The maximum Gasteiger partial charge on any atom is 0.314 e. The highest BCUT2D eigenvalue weighted by atomic mass is 16.2. The molecule has 2 aromatic heterocycles. The monoisotopic (exact) mass is 338 g/mol. The zero-order chi connectivity index (χ0) is 17.5. The number of para-hydroxylation sites is 1. The molecule has 0 fully saturated rings. The molecule has 128 valence electrons. The number of nitrogens with one attached hydrogen (secondary N) is 2. The molecule has 3 aromatic rings. The van der Waals surface area contributed by atoms with Crippen LogP contribution in [0.5, 0.6) is 0 Å². The van der Waals surface area contributed by atoms with Gasteiger partial charge in [-0.2, -0.15) is 10.2 Å². The van der Waals surface area contributed by atoms with Crippen LogP contribution in [0.1, 0.15) is 6.42 Å². The molecule has 8 heteroatoms. The SMILES string of the molecule is O=C(NCCCn1cccn1)C(=O)Nc1ccn(-c2ccccc2)n1. The van der Waals surface area contributed by atoms with Crippen molar-refractivity contribution in [1.29, 1.82) is 0 Å². The number of aryl methyl sites for hydroxylation is 1. The van der Waals surface area contributed by atoms with Crippen LogP contribution in [0.3, 0.4) is 0 Å². The number of amides is 2. The van der Waals surface area contributed by atoms with E-state index in [-0.39, 0.29) is 0 Å². The minimum atomic E-state index is -0.739. The van der Waals surface area contributed by atoms with Gasteiger partial charge in [0.25, 0.3) is 0 Å². The zero-order valence-corrected chi connectivity index (χ0v) is 13.5. The Morgan fingerprint density at radius 2 is 1.84 bits per heavy atom. The molecule has 0 aliphatic heterocycles. The van der Waals surface area contributed by atoms with Gasteiger partial charge >= 0.3 is 11.8 Å². The van der Waals surface area contributed by atoms with Crippen LogP contribution in [0.25, 0.3) is 5.69 Å². The largest absolute Gasteiger partial charge is 0.348 e. The first-order valence-corrected chi connectivity index (χ1v) is 7.90. The fourth-order valence-corrected chi connectivity index (χ4v) is 2.24. The minimum absolute atomic E-state index is 0.320. The Kier molecular flexibility index (Phi) is 5.20. The first-order chi connectivity index (χ1) is 12.2. The second-order valence-electron chi connectivity index (χ2n) is 5.31. The molecule has 0 aliphatic carbocycles. The number of nitrogens with zero attached hydrogens (tertiary/aromatic N) is 4. The summed E-state index contributed by atoms with van der Waals surface area (Å²) < 4.78 is 3.39. The van der Waals surface area contributed by atoms with Gasteiger partial charge in [-0.3, -0.25) is 14.3 Å². The molecular weight excluding hydrogens is 320 g/mol. The standard InChI is InChI=1S/C17H18N6O2/c24-16(18-9-4-11-22-12-5-10-19-22)17(25)20-15-8-13-23(21-15)14-6-2-1-3-7-14/h1-3,5-8,10,12-13H,4,9,11H2,(H,18,24)(H,20,21,25). The Labute approximate surface area is 144 Å². The number of carbonyl (C=O) groups is 2. The van der Waals surface area contributed by atoms with E-state index in [0.29, 0.717) is 25.3 Å². The quantitative estimate of drug-likeness (QED) is 0.522. The van der Waals surface area contributed by atoms with E-state index in [9.17, 15) is 9.59 Å². The van der Waals surface area contributed by atoms with Crippen LogP contribution in [0.15, 0.2) is 61.1 Å². The lowest BCUT2D eigenvalue weighted by Gasteiger charge is -2.05. The van der Waals surface area contributed by atoms with Gasteiger partial charge < -0.3 is 10.6 Å². The summed E-state index contributed by atoms with van der Waals surface area (Å²) in [5, 5.41) is 13.4. The topological polar surface area (TPSA) is 93.8 Å². The average molecular weight is 338 g/mol. The molecule has 0 aliphatic rings. The van der Waals surface area contributed by atoms with Gasteiger partial charge in [-0.05, 0) is 24.6 Å². The summed E-state index contributed by atoms with van der Waals surface area (Å²) in [5.41, 5.74) is 0.867. The van der Waals surface area contributed by atoms with E-state index in [4.69, 9.17) is 0 Å². The highest BCUT2D eigenvalue weighted by Crippen LogP contribution is 2.09. The normalized spacial score (nSPS) is 10.4. The molecule has 0 unspecified atom stereocenters. The zero-order valence-electron chi connectivity index (χ0n) is 13.5. The summed E-state index contributed by atoms with van der Waals surface area (Å²) >= 11 is 0. The van der Waals surface area contributed by atoms with Crippen molar-refractivity contribution in [3.05, 3.63) is 61.1 Å². The number of benzene rings is 1. The van der Waals surface area contributed by atoms with Crippen LogP contribution in [0, 0.1) is 0 Å². The first kappa shape index (κ1) is 16.4. The Balaban J connectivity index is 1.45. The van der Waals surface area contributed by atoms with Crippen LogP contribution >= 0.6 is 0 Å². The third kappa shape index (κ3) is 4.54. The van der Waals surface area contributed by atoms with E-state index in [0.717, 1.165) is 5.69 Å². The van der Waals surface area contributed by atoms with Crippen molar-refractivity contribution in [3.63, 3.8) is 0 Å². The van der Waals surface area contributed by atoms with Crippen molar-refractivity contribution in [2.45, 2.75) is 13.0 Å². The Hall–Kier alpha value is -3.42. The molecule has 25 heavy (non-hydrogen) atoms. The van der Waals surface area contributed by atoms with Gasteiger partial charge in [0.05, 0.1) is 5.69 Å². The molecule has 2 heterocycles. The molecule has 0 saturated carbocycles. The number of carbonyl (C=O) groups excluding carboxylic acids is 2. The van der Waals surface area contributed by atoms with E-state index in [2.05, 4.69) is 20.8 Å². The molecule has 0 bridgehead atoms. The molecule has 2 N–H and O–H groups in total. The lowest BCUT2D eigenvalue weighted by Crippen LogP contribution is -2.36. The van der Waals surface area contributed by atoms with E-state index in [1.165, 1.54) is 0 Å². The summed E-state index contributed by atoms with van der Waals surface area (Å²) in [6, 6.07) is 13.0. The maximum atomic E-state index is 11.9. The number of hydrogen-bond acceptors (Lipinski definition) is 4. The fraction of sp³-hybridized carbons (Fsp3) is 0.176. The molecule has 1 aromatic carbocycles. The van der Waals surface area contributed by atoms with Crippen LogP contribution in [0.4, 0.5) is 5.82 Å². The van der Waals surface area contributed by atoms with Gasteiger partial charge in [-0.25, -0.2) is 4.68 Å². The van der Waals surface area contributed by atoms with E-state index in [1.54, 1.807) is 27.8 Å². The molecule has 3 rings (SSSR count). The fourth-order valence-electron chi connectivity index (χ4n) is 2.24. The van der Waals surface area contributed by atoms with E-state index < -0.39 is 11.8 Å². The van der Waals surface area contributed by atoms with Gasteiger partial charge in [-0.1, -0.05) is 18.2 Å². The van der Waals surface area contributed by atoms with Crippen molar-refractivity contribution in [3.8, 4) is 5.69 Å². The van der Waals surface area contributed by atoms with Crippen LogP contribution < -0.4 is 10.6 Å². The number of rotatable bonds is 6. The van der Waals surface area contributed by atoms with Crippen molar-refractivity contribution in [2.24, 2.45) is 0 Å². The van der Waals surface area contributed by atoms with E-state index in [1.807, 2.05) is 42.6 Å². The highest BCUT2D eigenvalue weighted by molar-refractivity contribution is 6.39. The lowest BCUT2D eigenvalue weighted by molar-refractivity contribution is -0.136. The Bertz CT molecular complexity index is 826. The van der Waals surface area contributed by atoms with Crippen molar-refractivity contribution in [2.75, 3.05) is 11.9 Å². The number of hydrogen-bond donors (Lipinski definition) is 2. The molecule has 0 spiro atoms. The van der Waals surface area contributed by atoms with Gasteiger partial charge in [0.15, 0.2) is 5.82 Å². The number of anilines is 1. The Morgan fingerprint density at radius 3 is 2.60 bits per heavy atom. The summed E-state index contributed by atoms with van der Waals surface area (Å²) in [4.78, 5) is 23.7. The van der Waals surface area contributed by atoms with Crippen LogP contribution in [-0.4, -0.2) is 37.9 Å². The highest BCUT2D eigenvalue weighted by Gasteiger charge is 2.14. The molecule has 2 amide bonds. The summed E-state index contributed by atoms with van der Waals surface area (Å²) in [6.45, 7) is 1.07. The molecule has 0 saturated heterocycles. The van der Waals surface area contributed by atoms with Gasteiger partial charge in [0, 0.05) is 37.7 Å². The maximum absolute atomic E-state index is 11.9. The molecule has 0 radical (unpaired) electrons. The van der Waals surface area contributed by atoms with Crippen LogP contribution in [-0.2, 0) is 16.1 Å². The van der Waals surface area contributed by atoms with Crippen molar-refractivity contribution < 1.29 is 9.59 Å². The third-order valence-electron chi connectivity index (χ3n) is 3.47. The molecule has 8 nitrogen and oxygen atoms in total. The average Bonchev–Trinajstić information content (AvgIpc) is 3.31. The summed E-state index contributed by atoms with van der Waals surface area (Å²) in [5.74, 6) is -1.10. The number of aromatic nitrogens is 4. The predicted octanol–water partition coefficient (Wildman–Crippen LogP) is 1.21. The second kappa shape index (κ2) is 7.91. The molecule has 0 atom stereocenters. The minimum Gasteiger partial charge on any atom is -0.348 e. The summed E-state index contributed by atoms with van der Waals surface area (Å²) in [6.07, 6.45) is 5.94. The lowest BCUT2D eigenvalue weighted by atomic mass is 10.3. The van der Waals surface area contributed by atoms with Crippen molar-refractivity contribution in [1.82, 2.24) is 24.9 Å². The first-order valence-electron chi connectivity index (χ1n) is 7.90. The smallest absolute Gasteiger partial charge is 0.314 e. The third-order valence-corrected chi connectivity index (χ3v) is 3.47. The predicted molar refractivity (Wildman–Crippen MR) is 92.0 cm³/mol. The van der Waals surface area contributed by atoms with Gasteiger partial charge in [-0.15, -0.1) is 0 Å². The van der Waals surface area contributed by atoms with Crippen LogP contribution in [0.2, 0.25) is 0 Å². The van der Waals surface area contributed by atoms with Gasteiger partial charge in [0.2, 0.25) is 0 Å². The Morgan fingerprint density at radius 1 is 1.00 bits per heavy atom. The van der Waals surface area contributed by atoms with E-state index >= 15 is 0 Å². The van der Waals surface area contributed by atoms with Crippen molar-refractivity contribution >= 4 is 17.6 Å². The second-order valence-corrected chi connectivity index (χ2v) is 5.31.